The Kier molecular flexibility index (Phi) is 4.55. The number of benzene rings is 1. The zero-order chi connectivity index (χ0) is 14.4. The monoisotopic (exact) mass is 287 g/mol. The van der Waals surface area contributed by atoms with E-state index in [1.165, 1.54) is 11.3 Å². The predicted octanol–water partition coefficient (Wildman–Crippen LogP) is 1.34. The first kappa shape index (κ1) is 13.9. The molecule has 0 saturated carbocycles. The first-order valence-electron chi connectivity index (χ1n) is 5.71. The molecule has 0 spiro atoms. The van der Waals surface area contributed by atoms with Crippen LogP contribution in [0.5, 0.6) is 5.75 Å². The van der Waals surface area contributed by atoms with Gasteiger partial charge in [0.05, 0.1) is 16.9 Å². The van der Waals surface area contributed by atoms with Gasteiger partial charge in [-0.1, -0.05) is 12.1 Å². The van der Waals surface area contributed by atoms with Crippen molar-refractivity contribution in [2.24, 2.45) is 11.6 Å². The molecule has 1 aromatic carbocycles. The number of nitrogens with one attached hydrogen (secondary N) is 1. The first-order valence-corrected chi connectivity index (χ1v) is 6.65. The number of nitriles is 1. The summed E-state index contributed by atoms with van der Waals surface area (Å²) in [4.78, 5) is 4.13. The molecule has 1 heterocycles. The van der Waals surface area contributed by atoms with Crippen LogP contribution in [0.25, 0.3) is 5.70 Å². The summed E-state index contributed by atoms with van der Waals surface area (Å²) in [6, 6.07) is 9.02. The lowest BCUT2D eigenvalue weighted by Gasteiger charge is -2.08. The van der Waals surface area contributed by atoms with E-state index in [0.717, 1.165) is 5.69 Å². The Morgan fingerprint density at radius 1 is 1.50 bits per heavy atom. The summed E-state index contributed by atoms with van der Waals surface area (Å²) >= 11 is 1.52. The number of hydrazine groups is 1. The largest absolute Gasteiger partial charge is 0.487 e. The molecular weight excluding hydrogens is 274 g/mol. The topological polar surface area (TPSA) is 110 Å². The molecule has 0 saturated heterocycles. The van der Waals surface area contributed by atoms with Crippen LogP contribution in [0, 0.1) is 11.3 Å². The van der Waals surface area contributed by atoms with E-state index < -0.39 is 0 Å². The number of rotatable bonds is 5. The average Bonchev–Trinajstić information content (AvgIpc) is 3.00. The molecule has 102 valence electrons. The van der Waals surface area contributed by atoms with Gasteiger partial charge in [0.2, 0.25) is 0 Å². The van der Waals surface area contributed by atoms with Crippen LogP contribution in [-0.2, 0) is 6.61 Å². The molecule has 0 fully saturated rings. The fraction of sp³-hybridized carbons (Fsp3) is 0.0769. The molecule has 0 bridgehead atoms. The van der Waals surface area contributed by atoms with E-state index in [-0.39, 0.29) is 11.4 Å². The number of hydrogen-bond acceptors (Lipinski definition) is 7. The van der Waals surface area contributed by atoms with E-state index in [0.29, 0.717) is 17.9 Å². The number of allylic oxidation sites excluding steroid dienone is 1. The van der Waals surface area contributed by atoms with Crippen molar-refractivity contribution in [1.82, 2.24) is 10.4 Å². The lowest BCUT2D eigenvalue weighted by molar-refractivity contribution is 0.302. The van der Waals surface area contributed by atoms with Gasteiger partial charge in [0.25, 0.3) is 0 Å². The van der Waals surface area contributed by atoms with Gasteiger partial charge in [0, 0.05) is 10.9 Å². The van der Waals surface area contributed by atoms with Crippen molar-refractivity contribution in [1.29, 1.82) is 5.26 Å². The van der Waals surface area contributed by atoms with Crippen molar-refractivity contribution in [3.8, 4) is 11.8 Å². The quantitative estimate of drug-likeness (QED) is 0.435. The van der Waals surface area contributed by atoms with Crippen LogP contribution in [0.3, 0.4) is 0 Å². The second-order valence-electron chi connectivity index (χ2n) is 3.84. The van der Waals surface area contributed by atoms with Gasteiger partial charge in [0.15, 0.2) is 5.70 Å². The molecular formula is C13H13N5OS. The van der Waals surface area contributed by atoms with Crippen molar-refractivity contribution in [3.05, 3.63) is 52.1 Å². The molecule has 2 aromatic rings. The fourth-order valence-electron chi connectivity index (χ4n) is 1.53. The van der Waals surface area contributed by atoms with Gasteiger partial charge >= 0.3 is 0 Å². The van der Waals surface area contributed by atoms with Crippen LogP contribution in [0.2, 0.25) is 0 Å². The molecule has 2 rings (SSSR count). The molecule has 0 amide bonds. The van der Waals surface area contributed by atoms with Crippen molar-refractivity contribution in [2.45, 2.75) is 6.61 Å². The number of aromatic nitrogens is 1. The maximum absolute atomic E-state index is 8.89. The summed E-state index contributed by atoms with van der Waals surface area (Å²) in [5, 5.41) is 10.8. The van der Waals surface area contributed by atoms with Crippen LogP contribution >= 0.6 is 11.3 Å². The van der Waals surface area contributed by atoms with Crippen molar-refractivity contribution >= 4 is 17.0 Å². The molecule has 1 aromatic heterocycles. The SMILES string of the molecule is N#C/C(NN)=C(/N)c1cccc(OCc2cscn2)c1. The third-order valence-electron chi connectivity index (χ3n) is 2.54. The number of ether oxygens (including phenoxy) is 1. The highest BCUT2D eigenvalue weighted by Gasteiger charge is 2.06. The van der Waals surface area contributed by atoms with Gasteiger partial charge in [0.1, 0.15) is 18.4 Å². The number of nitrogens with zero attached hydrogens (tertiary/aromatic N) is 2. The Labute approximate surface area is 120 Å². The first-order chi connectivity index (χ1) is 9.74. The Bertz CT molecular complexity index is 645. The summed E-state index contributed by atoms with van der Waals surface area (Å²) < 4.78 is 5.62. The van der Waals surface area contributed by atoms with Crippen LogP contribution < -0.4 is 21.7 Å². The van der Waals surface area contributed by atoms with Gasteiger partial charge in [-0.05, 0) is 12.1 Å². The molecule has 0 aliphatic rings. The van der Waals surface area contributed by atoms with Crippen LogP contribution in [0.4, 0.5) is 0 Å². The lowest BCUT2D eigenvalue weighted by atomic mass is 10.1. The smallest absolute Gasteiger partial charge is 0.151 e. The number of thiazole rings is 1. The summed E-state index contributed by atoms with van der Waals surface area (Å²) in [6.45, 7) is 0.386. The third-order valence-corrected chi connectivity index (χ3v) is 3.18. The Hall–Kier alpha value is -2.56. The van der Waals surface area contributed by atoms with E-state index in [2.05, 4.69) is 10.4 Å². The van der Waals surface area contributed by atoms with Crippen molar-refractivity contribution < 1.29 is 4.74 Å². The maximum atomic E-state index is 8.89. The molecule has 0 aliphatic heterocycles. The van der Waals surface area contributed by atoms with Crippen molar-refractivity contribution in [3.63, 3.8) is 0 Å². The highest BCUT2D eigenvalue weighted by atomic mass is 32.1. The van der Waals surface area contributed by atoms with E-state index in [9.17, 15) is 0 Å². The summed E-state index contributed by atoms with van der Waals surface area (Å²) in [5.41, 5.74) is 11.8. The second kappa shape index (κ2) is 6.56. The number of nitrogens with two attached hydrogens (primary N) is 2. The van der Waals surface area contributed by atoms with Gasteiger partial charge in [-0.3, -0.25) is 0 Å². The Morgan fingerprint density at radius 2 is 2.35 bits per heavy atom. The molecule has 6 nitrogen and oxygen atoms in total. The van der Waals surface area contributed by atoms with Crippen molar-refractivity contribution in [2.75, 3.05) is 0 Å². The molecule has 0 atom stereocenters. The minimum Gasteiger partial charge on any atom is -0.487 e. The van der Waals surface area contributed by atoms with E-state index in [1.54, 1.807) is 23.7 Å². The molecule has 20 heavy (non-hydrogen) atoms. The fourth-order valence-corrected chi connectivity index (χ4v) is 2.08. The van der Waals surface area contributed by atoms with Crippen LogP contribution in [-0.4, -0.2) is 4.98 Å². The van der Waals surface area contributed by atoms with E-state index in [4.69, 9.17) is 21.6 Å². The highest BCUT2D eigenvalue weighted by molar-refractivity contribution is 7.07. The summed E-state index contributed by atoms with van der Waals surface area (Å²) in [6.07, 6.45) is 0. The zero-order valence-corrected chi connectivity index (χ0v) is 11.4. The van der Waals surface area contributed by atoms with Crippen LogP contribution in [0.1, 0.15) is 11.3 Å². The number of hydrogen-bond donors (Lipinski definition) is 3. The molecule has 0 unspecified atom stereocenters. The molecule has 5 N–H and O–H groups in total. The molecule has 0 aliphatic carbocycles. The van der Waals surface area contributed by atoms with Gasteiger partial charge in [-0.15, -0.1) is 11.3 Å². The van der Waals surface area contributed by atoms with E-state index >= 15 is 0 Å². The standard InChI is InChI=1S/C13H13N5OS/c14-5-12(18-16)13(15)9-2-1-3-11(4-9)19-6-10-7-20-8-17-10/h1-4,7-8,18H,6,15-16H2/b13-12-. The third kappa shape index (κ3) is 3.26. The Morgan fingerprint density at radius 3 is 3.00 bits per heavy atom. The lowest BCUT2D eigenvalue weighted by Crippen LogP contribution is -2.23. The second-order valence-corrected chi connectivity index (χ2v) is 4.56. The minimum absolute atomic E-state index is 0.113. The van der Waals surface area contributed by atoms with E-state index in [1.807, 2.05) is 17.5 Å². The van der Waals surface area contributed by atoms with Gasteiger partial charge < -0.3 is 15.9 Å². The maximum Gasteiger partial charge on any atom is 0.151 e. The van der Waals surface area contributed by atoms with Gasteiger partial charge in [-0.25, -0.2) is 10.8 Å². The summed E-state index contributed by atoms with van der Waals surface area (Å²) in [7, 11) is 0. The van der Waals surface area contributed by atoms with Gasteiger partial charge in [-0.2, -0.15) is 5.26 Å². The predicted molar refractivity (Wildman–Crippen MR) is 76.9 cm³/mol. The average molecular weight is 287 g/mol. The highest BCUT2D eigenvalue weighted by Crippen LogP contribution is 2.19. The Balaban J connectivity index is 2.16. The minimum atomic E-state index is 0.113. The molecule has 7 heteroatoms. The molecule has 0 radical (unpaired) electrons. The van der Waals surface area contributed by atoms with Crippen LogP contribution in [0.15, 0.2) is 40.9 Å². The normalized spacial score (nSPS) is 11.4. The zero-order valence-electron chi connectivity index (χ0n) is 10.5. The summed E-state index contributed by atoms with van der Waals surface area (Å²) in [5.74, 6) is 5.88.